The standard InChI is InChI=1S/C26H29N5O4/c1-34-21-4-2-19(3-5-21)23-15-31-17-29-24(22(31)16-35-23)26(33)30-12-8-20(9-13-30)25(32)28-14-18-6-10-27-11-7-18/h2-7,10-11,17,20,23H,8-9,12-16H2,1H3,(H,28,32). The third-order valence-corrected chi connectivity index (χ3v) is 6.79. The van der Waals surface area contributed by atoms with Crippen LogP contribution in [0.1, 0.15) is 46.3 Å². The van der Waals surface area contributed by atoms with E-state index in [0.717, 1.165) is 22.6 Å². The minimum Gasteiger partial charge on any atom is -0.497 e. The van der Waals surface area contributed by atoms with Crippen molar-refractivity contribution in [2.45, 2.75) is 38.6 Å². The Bertz CT molecular complexity index is 1170. The minimum absolute atomic E-state index is 0.0336. The number of aromatic nitrogens is 3. The summed E-state index contributed by atoms with van der Waals surface area (Å²) < 4.78 is 13.3. The highest BCUT2D eigenvalue weighted by atomic mass is 16.5. The largest absolute Gasteiger partial charge is 0.497 e. The maximum absolute atomic E-state index is 13.2. The fourth-order valence-electron chi connectivity index (χ4n) is 4.65. The molecule has 0 bridgehead atoms. The summed E-state index contributed by atoms with van der Waals surface area (Å²) in [6, 6.07) is 11.6. The van der Waals surface area contributed by atoms with Crippen LogP contribution in [0.3, 0.4) is 0 Å². The lowest BCUT2D eigenvalue weighted by molar-refractivity contribution is -0.126. The molecule has 2 aromatic heterocycles. The number of methoxy groups -OCH3 is 1. The van der Waals surface area contributed by atoms with E-state index < -0.39 is 0 Å². The van der Waals surface area contributed by atoms with E-state index in [1.807, 2.05) is 41.0 Å². The van der Waals surface area contributed by atoms with Gasteiger partial charge in [-0.25, -0.2) is 4.98 Å². The van der Waals surface area contributed by atoms with E-state index in [-0.39, 0.29) is 23.8 Å². The maximum atomic E-state index is 13.2. The van der Waals surface area contributed by atoms with Crippen LogP contribution in [-0.2, 0) is 29.2 Å². The van der Waals surface area contributed by atoms with E-state index in [2.05, 4.69) is 15.3 Å². The van der Waals surface area contributed by atoms with Gasteiger partial charge in [-0.15, -0.1) is 0 Å². The van der Waals surface area contributed by atoms with Gasteiger partial charge in [-0.2, -0.15) is 0 Å². The third-order valence-electron chi connectivity index (χ3n) is 6.79. The number of carbonyl (C=O) groups is 2. The van der Waals surface area contributed by atoms with E-state index in [1.54, 1.807) is 30.7 Å². The molecule has 182 valence electrons. The topological polar surface area (TPSA) is 98.6 Å². The smallest absolute Gasteiger partial charge is 0.274 e. The Labute approximate surface area is 204 Å². The lowest BCUT2D eigenvalue weighted by Gasteiger charge is -2.31. The fraction of sp³-hybridized carbons (Fsp3) is 0.385. The first-order valence-corrected chi connectivity index (χ1v) is 11.9. The Kier molecular flexibility index (Phi) is 6.76. The van der Waals surface area contributed by atoms with Crippen LogP contribution in [0.25, 0.3) is 0 Å². The number of carbonyl (C=O) groups excluding carboxylic acids is 2. The molecule has 9 heteroatoms. The fourth-order valence-corrected chi connectivity index (χ4v) is 4.65. The molecule has 1 atom stereocenters. The van der Waals surface area contributed by atoms with Crippen LogP contribution in [0.2, 0.25) is 0 Å². The highest BCUT2D eigenvalue weighted by Gasteiger charge is 2.32. The molecule has 2 aliphatic heterocycles. The zero-order valence-electron chi connectivity index (χ0n) is 19.7. The summed E-state index contributed by atoms with van der Waals surface area (Å²) in [5.74, 6) is 0.647. The summed E-state index contributed by atoms with van der Waals surface area (Å²) in [6.45, 7) is 2.48. The number of nitrogens with one attached hydrogen (secondary N) is 1. The number of amides is 2. The number of fused-ring (bicyclic) bond motifs is 1. The zero-order valence-corrected chi connectivity index (χ0v) is 19.7. The Hall–Kier alpha value is -3.72. The average molecular weight is 476 g/mol. The van der Waals surface area contributed by atoms with Crippen LogP contribution in [0, 0.1) is 5.92 Å². The molecular weight excluding hydrogens is 446 g/mol. The van der Waals surface area contributed by atoms with E-state index in [0.29, 0.717) is 51.3 Å². The average Bonchev–Trinajstić information content (AvgIpc) is 3.35. The molecule has 4 heterocycles. The van der Waals surface area contributed by atoms with Gasteiger partial charge in [-0.1, -0.05) is 12.1 Å². The van der Waals surface area contributed by atoms with Gasteiger partial charge in [0.15, 0.2) is 5.69 Å². The minimum atomic E-state index is -0.105. The number of benzene rings is 1. The molecule has 9 nitrogen and oxygen atoms in total. The summed E-state index contributed by atoms with van der Waals surface area (Å²) in [5, 5.41) is 3.00. The van der Waals surface area contributed by atoms with Crippen molar-refractivity contribution >= 4 is 11.8 Å². The summed E-state index contributed by atoms with van der Waals surface area (Å²) in [7, 11) is 1.64. The molecule has 0 saturated carbocycles. The van der Waals surface area contributed by atoms with Crippen LogP contribution in [-0.4, -0.2) is 51.4 Å². The number of piperidine rings is 1. The number of nitrogens with zero attached hydrogens (tertiary/aromatic N) is 4. The van der Waals surface area contributed by atoms with Crippen LogP contribution in [0.4, 0.5) is 0 Å². The Morgan fingerprint density at radius 2 is 1.86 bits per heavy atom. The number of rotatable bonds is 6. The van der Waals surface area contributed by atoms with Crippen molar-refractivity contribution in [2.75, 3.05) is 20.2 Å². The van der Waals surface area contributed by atoms with Gasteiger partial charge in [0, 0.05) is 37.9 Å². The van der Waals surface area contributed by atoms with Crippen molar-refractivity contribution in [3.05, 3.63) is 77.6 Å². The number of pyridine rings is 1. The first-order valence-electron chi connectivity index (χ1n) is 11.9. The van der Waals surface area contributed by atoms with Gasteiger partial charge in [-0.05, 0) is 48.2 Å². The molecule has 0 radical (unpaired) electrons. The second-order valence-electron chi connectivity index (χ2n) is 8.90. The van der Waals surface area contributed by atoms with Gasteiger partial charge in [0.25, 0.3) is 5.91 Å². The van der Waals surface area contributed by atoms with E-state index >= 15 is 0 Å². The number of hydrogen-bond donors (Lipinski definition) is 1. The lowest BCUT2D eigenvalue weighted by atomic mass is 9.95. The summed E-state index contributed by atoms with van der Waals surface area (Å²) in [4.78, 5) is 36.0. The van der Waals surface area contributed by atoms with Crippen molar-refractivity contribution < 1.29 is 19.1 Å². The molecule has 2 aliphatic rings. The quantitative estimate of drug-likeness (QED) is 0.589. The van der Waals surface area contributed by atoms with E-state index in [9.17, 15) is 9.59 Å². The van der Waals surface area contributed by atoms with Gasteiger partial charge in [0.05, 0.1) is 32.3 Å². The predicted octanol–water partition coefficient (Wildman–Crippen LogP) is 2.73. The second kappa shape index (κ2) is 10.3. The lowest BCUT2D eigenvalue weighted by Crippen LogP contribution is -2.43. The van der Waals surface area contributed by atoms with Gasteiger partial charge >= 0.3 is 0 Å². The Morgan fingerprint density at radius 3 is 2.57 bits per heavy atom. The molecule has 1 fully saturated rings. The maximum Gasteiger partial charge on any atom is 0.274 e. The van der Waals surface area contributed by atoms with Crippen molar-refractivity contribution in [3.8, 4) is 5.75 Å². The normalized spacial score (nSPS) is 18.1. The van der Waals surface area contributed by atoms with Crippen LogP contribution < -0.4 is 10.1 Å². The number of ether oxygens (including phenoxy) is 2. The molecule has 0 spiro atoms. The van der Waals surface area contributed by atoms with Gasteiger partial charge < -0.3 is 24.3 Å². The van der Waals surface area contributed by atoms with Crippen LogP contribution in [0.15, 0.2) is 55.1 Å². The Morgan fingerprint density at radius 1 is 1.11 bits per heavy atom. The SMILES string of the molecule is COc1ccc(C2Cn3cnc(C(=O)N4CCC(C(=O)NCc5ccncc5)CC4)c3CO2)cc1. The first kappa shape index (κ1) is 23.0. The highest BCUT2D eigenvalue weighted by Crippen LogP contribution is 2.30. The molecule has 3 aromatic rings. The van der Waals surface area contributed by atoms with Crippen LogP contribution in [0.5, 0.6) is 5.75 Å². The van der Waals surface area contributed by atoms with E-state index in [1.165, 1.54) is 0 Å². The van der Waals surface area contributed by atoms with Crippen molar-refractivity contribution in [3.63, 3.8) is 0 Å². The molecule has 1 saturated heterocycles. The predicted molar refractivity (Wildman–Crippen MR) is 127 cm³/mol. The zero-order chi connectivity index (χ0) is 24.2. The number of hydrogen-bond acceptors (Lipinski definition) is 6. The molecule has 1 aromatic carbocycles. The highest BCUT2D eigenvalue weighted by molar-refractivity contribution is 5.93. The molecule has 35 heavy (non-hydrogen) atoms. The molecule has 0 aliphatic carbocycles. The van der Waals surface area contributed by atoms with Gasteiger partial charge in [-0.3, -0.25) is 14.6 Å². The molecule has 5 rings (SSSR count). The molecular formula is C26H29N5O4. The number of likely N-dealkylation sites (tertiary alicyclic amines) is 1. The second-order valence-corrected chi connectivity index (χ2v) is 8.90. The van der Waals surface area contributed by atoms with Crippen molar-refractivity contribution in [1.29, 1.82) is 0 Å². The van der Waals surface area contributed by atoms with Gasteiger partial charge in [0.2, 0.25) is 5.91 Å². The monoisotopic (exact) mass is 475 g/mol. The van der Waals surface area contributed by atoms with E-state index in [4.69, 9.17) is 9.47 Å². The summed E-state index contributed by atoms with van der Waals surface area (Å²) >= 11 is 0. The molecule has 1 unspecified atom stereocenters. The third kappa shape index (κ3) is 5.05. The Balaban J connectivity index is 1.16. The summed E-state index contributed by atoms with van der Waals surface area (Å²) in [6.07, 6.45) is 6.32. The molecule has 1 N–H and O–H groups in total. The molecule has 2 amide bonds. The van der Waals surface area contributed by atoms with Crippen molar-refractivity contribution in [2.24, 2.45) is 5.92 Å². The number of imidazole rings is 1. The van der Waals surface area contributed by atoms with Crippen molar-refractivity contribution in [1.82, 2.24) is 24.8 Å². The van der Waals surface area contributed by atoms with Gasteiger partial charge in [0.1, 0.15) is 11.9 Å². The summed E-state index contributed by atoms with van der Waals surface area (Å²) in [5.41, 5.74) is 3.32. The van der Waals surface area contributed by atoms with Crippen LogP contribution >= 0.6 is 0 Å². The first-order chi connectivity index (χ1) is 17.1.